The Hall–Kier alpha value is -0.140. The Kier molecular flexibility index (Phi) is 2.81. The van der Waals surface area contributed by atoms with Crippen LogP contribution in [0.2, 0.25) is 0 Å². The molecule has 4 nitrogen and oxygen atoms in total. The number of aliphatic carboxylic acids is 1. The average Bonchev–Trinajstić information content (AvgIpc) is 2.15. The van der Waals surface area contributed by atoms with Gasteiger partial charge in [-0.15, -0.1) is 0 Å². The highest BCUT2D eigenvalue weighted by atomic mass is 79.9. The number of allylic oxidation sites excluding steroid dienone is 1. The lowest BCUT2D eigenvalue weighted by atomic mass is 10.1. The van der Waals surface area contributed by atoms with E-state index >= 15 is 0 Å². The second kappa shape index (κ2) is 3.79. The minimum absolute atomic E-state index is 0.0152. The highest BCUT2D eigenvalue weighted by Crippen LogP contribution is 2.49. The van der Waals surface area contributed by atoms with Crippen molar-refractivity contribution >= 4 is 49.4 Å². The fraction of sp³-hybridized carbons (Fsp3) is 0.429. The first-order valence-corrected chi connectivity index (χ1v) is 7.16. The van der Waals surface area contributed by atoms with E-state index in [9.17, 15) is 9.59 Å². The second-order valence-electron chi connectivity index (χ2n) is 2.81. The van der Waals surface area contributed by atoms with Crippen LogP contribution in [-0.4, -0.2) is 32.6 Å². The molecule has 0 bridgehead atoms. The summed E-state index contributed by atoms with van der Waals surface area (Å²) in [7, 11) is 2.98. The van der Waals surface area contributed by atoms with Crippen LogP contribution in [0.5, 0.6) is 0 Å². The number of hydrogen-bond donors (Lipinski definition) is 1. The Morgan fingerprint density at radius 1 is 1.71 bits per heavy atom. The normalized spacial score (nSPS) is 25.9. The molecule has 0 unspecified atom stereocenters. The van der Waals surface area contributed by atoms with E-state index in [1.807, 2.05) is 0 Å². The molecule has 0 aromatic rings. The number of carboxylic acid groups (broad SMARTS) is 1. The lowest BCUT2D eigenvalue weighted by molar-refractivity contribution is -0.145. The molecule has 2 aliphatic rings. The topological polar surface area (TPSA) is 57.6 Å². The van der Waals surface area contributed by atoms with Gasteiger partial charge in [-0.05, 0) is 0 Å². The van der Waals surface area contributed by atoms with Crippen molar-refractivity contribution in [3.8, 4) is 0 Å². The Labute approximate surface area is 96.6 Å². The molecule has 0 spiro atoms. The quantitative estimate of drug-likeness (QED) is 0.477. The van der Waals surface area contributed by atoms with E-state index in [0.29, 0.717) is 16.7 Å². The number of halogens is 1. The first kappa shape index (κ1) is 10.4. The molecule has 1 amide bonds. The van der Waals surface area contributed by atoms with E-state index in [1.165, 1.54) is 15.7 Å². The lowest BCUT2D eigenvalue weighted by Gasteiger charge is -2.42. The number of hydrogen-bond acceptors (Lipinski definition) is 4. The molecule has 0 aromatic heterocycles. The summed E-state index contributed by atoms with van der Waals surface area (Å²) in [5.41, 5.74) is 0.145. The van der Waals surface area contributed by atoms with Gasteiger partial charge in [-0.2, -0.15) is 0 Å². The predicted molar refractivity (Wildman–Crippen MR) is 58.9 cm³/mol. The van der Waals surface area contributed by atoms with Gasteiger partial charge in [-0.25, -0.2) is 4.79 Å². The van der Waals surface area contributed by atoms with Crippen LogP contribution >= 0.6 is 37.5 Å². The number of β-lactam (4-membered cyclic amide) rings is 1. The number of carbonyl (C=O) groups is 2. The zero-order valence-corrected chi connectivity index (χ0v) is 10.1. The van der Waals surface area contributed by atoms with E-state index in [-0.39, 0.29) is 17.0 Å². The molecule has 2 heterocycles. The SMILES string of the molecule is O=C(O)C1=C(CBr)SS[C@@H]2CC(=O)N12. The van der Waals surface area contributed by atoms with Crippen molar-refractivity contribution in [2.24, 2.45) is 0 Å². The van der Waals surface area contributed by atoms with Crippen molar-refractivity contribution in [1.29, 1.82) is 0 Å². The van der Waals surface area contributed by atoms with Crippen LogP contribution in [0, 0.1) is 0 Å². The highest BCUT2D eigenvalue weighted by molar-refractivity contribution is 9.09. The number of alkyl halides is 1. The van der Waals surface area contributed by atoms with E-state index in [1.54, 1.807) is 10.8 Å². The van der Waals surface area contributed by atoms with Crippen LogP contribution < -0.4 is 0 Å². The predicted octanol–water partition coefficient (Wildman–Crippen LogP) is 1.63. The Balaban J connectivity index is 2.37. The molecule has 7 heteroatoms. The number of fused-ring (bicyclic) bond motifs is 1. The third-order valence-corrected chi connectivity index (χ3v) is 5.72. The number of rotatable bonds is 2. The fourth-order valence-electron chi connectivity index (χ4n) is 1.33. The third-order valence-electron chi connectivity index (χ3n) is 1.99. The van der Waals surface area contributed by atoms with Crippen LogP contribution in [0.25, 0.3) is 0 Å². The molecule has 0 saturated carbocycles. The number of carbonyl (C=O) groups excluding carboxylic acids is 1. The van der Waals surface area contributed by atoms with Crippen LogP contribution in [0.15, 0.2) is 10.6 Å². The summed E-state index contributed by atoms with van der Waals surface area (Å²) < 4.78 is 0. The Morgan fingerprint density at radius 2 is 2.43 bits per heavy atom. The van der Waals surface area contributed by atoms with Gasteiger partial charge in [0, 0.05) is 10.2 Å². The minimum Gasteiger partial charge on any atom is -0.477 e. The molecule has 76 valence electrons. The zero-order valence-electron chi connectivity index (χ0n) is 6.90. The monoisotopic (exact) mass is 295 g/mol. The van der Waals surface area contributed by atoms with Gasteiger partial charge < -0.3 is 5.11 Å². The molecule has 1 atom stereocenters. The minimum atomic E-state index is -1.02. The van der Waals surface area contributed by atoms with Crippen molar-refractivity contribution < 1.29 is 14.7 Å². The van der Waals surface area contributed by atoms with Crippen molar-refractivity contribution in [3.05, 3.63) is 10.6 Å². The molecule has 0 aliphatic carbocycles. The molecular formula is C7H6BrNO3S2. The summed E-state index contributed by atoms with van der Waals surface area (Å²) in [6.07, 6.45) is 0.448. The number of amides is 1. The van der Waals surface area contributed by atoms with Crippen molar-refractivity contribution in [1.82, 2.24) is 4.90 Å². The molecule has 1 saturated heterocycles. The maximum Gasteiger partial charge on any atom is 0.353 e. The van der Waals surface area contributed by atoms with Crippen LogP contribution in [0.3, 0.4) is 0 Å². The first-order chi connectivity index (χ1) is 6.65. The van der Waals surface area contributed by atoms with Crippen LogP contribution in [0.1, 0.15) is 6.42 Å². The average molecular weight is 296 g/mol. The molecule has 0 aromatic carbocycles. The number of carboxylic acids is 1. The largest absolute Gasteiger partial charge is 0.477 e. The van der Waals surface area contributed by atoms with E-state index in [0.717, 1.165) is 0 Å². The molecule has 0 radical (unpaired) electrons. The van der Waals surface area contributed by atoms with Crippen molar-refractivity contribution in [2.75, 3.05) is 5.33 Å². The van der Waals surface area contributed by atoms with E-state index < -0.39 is 5.97 Å². The first-order valence-electron chi connectivity index (χ1n) is 3.83. The van der Waals surface area contributed by atoms with Gasteiger partial charge in [0.1, 0.15) is 11.1 Å². The summed E-state index contributed by atoms with van der Waals surface area (Å²) >= 11 is 3.22. The van der Waals surface area contributed by atoms with Gasteiger partial charge in [0.25, 0.3) is 0 Å². The zero-order chi connectivity index (χ0) is 10.3. The molecule has 1 N–H and O–H groups in total. The fourth-order valence-corrected chi connectivity index (χ4v) is 5.01. The van der Waals surface area contributed by atoms with Crippen LogP contribution in [-0.2, 0) is 9.59 Å². The second-order valence-corrected chi connectivity index (χ2v) is 5.85. The number of nitrogens with zero attached hydrogens (tertiary/aromatic N) is 1. The summed E-state index contributed by atoms with van der Waals surface area (Å²) in [5, 5.41) is 9.47. The third kappa shape index (κ3) is 1.47. The molecule has 14 heavy (non-hydrogen) atoms. The maximum absolute atomic E-state index is 11.2. The van der Waals surface area contributed by atoms with Gasteiger partial charge in [-0.3, -0.25) is 9.69 Å². The summed E-state index contributed by atoms with van der Waals surface area (Å²) in [5.74, 6) is -1.12. The molecule has 2 rings (SSSR count). The van der Waals surface area contributed by atoms with Gasteiger partial charge in [0.2, 0.25) is 5.91 Å². The van der Waals surface area contributed by atoms with Crippen LogP contribution in [0.4, 0.5) is 0 Å². The summed E-state index contributed by atoms with van der Waals surface area (Å²) in [6, 6.07) is 0. The summed E-state index contributed by atoms with van der Waals surface area (Å²) in [4.78, 5) is 24.3. The van der Waals surface area contributed by atoms with E-state index in [2.05, 4.69) is 15.9 Å². The van der Waals surface area contributed by atoms with Crippen molar-refractivity contribution in [2.45, 2.75) is 11.8 Å². The standard InChI is InChI=1S/C7H6BrNO3S2/c8-2-3-6(7(11)12)9-4(10)1-5(9)14-13-3/h5H,1-2H2,(H,11,12)/t5-/m1/s1. The van der Waals surface area contributed by atoms with Crippen molar-refractivity contribution in [3.63, 3.8) is 0 Å². The molecular weight excluding hydrogens is 290 g/mol. The lowest BCUT2D eigenvalue weighted by Crippen LogP contribution is -2.52. The van der Waals surface area contributed by atoms with Gasteiger partial charge in [-0.1, -0.05) is 37.5 Å². The maximum atomic E-state index is 11.2. The van der Waals surface area contributed by atoms with Gasteiger partial charge in [0.05, 0.1) is 6.42 Å². The highest BCUT2D eigenvalue weighted by Gasteiger charge is 2.45. The van der Waals surface area contributed by atoms with Gasteiger partial charge >= 0.3 is 5.97 Å². The van der Waals surface area contributed by atoms with Gasteiger partial charge in [0.15, 0.2) is 0 Å². The summed E-state index contributed by atoms with van der Waals surface area (Å²) in [6.45, 7) is 0. The Morgan fingerprint density at radius 3 is 2.93 bits per heavy atom. The smallest absolute Gasteiger partial charge is 0.353 e. The Bertz CT molecular complexity index is 344. The molecule has 2 aliphatic heterocycles. The van der Waals surface area contributed by atoms with E-state index in [4.69, 9.17) is 5.11 Å². The molecule has 1 fully saturated rings.